The first-order valence-corrected chi connectivity index (χ1v) is 13.7. The first-order chi connectivity index (χ1) is 20.9. The molecule has 3 atom stereocenters. The Bertz CT molecular complexity index is 1580. The molecular formula is C31H29ClF6N4O3. The van der Waals surface area contributed by atoms with E-state index in [1.165, 1.54) is 30.5 Å². The van der Waals surface area contributed by atoms with Crippen molar-refractivity contribution in [1.29, 1.82) is 0 Å². The van der Waals surface area contributed by atoms with Gasteiger partial charge in [-0.1, -0.05) is 66.7 Å². The number of hydroxylamine groups is 1. The Morgan fingerprint density at radius 3 is 2.13 bits per heavy atom. The highest BCUT2D eigenvalue weighted by Gasteiger charge is 2.61. The molecule has 240 valence electrons. The van der Waals surface area contributed by atoms with E-state index in [1.807, 2.05) is 5.48 Å². The number of aromatic nitrogens is 1. The highest BCUT2D eigenvalue weighted by molar-refractivity contribution is 5.94. The van der Waals surface area contributed by atoms with Crippen LogP contribution in [-0.2, 0) is 22.7 Å². The maximum absolute atomic E-state index is 15.0. The Morgan fingerprint density at radius 2 is 1.49 bits per heavy atom. The summed E-state index contributed by atoms with van der Waals surface area (Å²) < 4.78 is 88.5. The summed E-state index contributed by atoms with van der Waals surface area (Å²) in [6.45, 7) is -2.55. The Morgan fingerprint density at radius 1 is 0.867 bits per heavy atom. The van der Waals surface area contributed by atoms with Gasteiger partial charge < -0.3 is 9.88 Å². The molecule has 0 radical (unpaired) electrons. The van der Waals surface area contributed by atoms with Gasteiger partial charge in [0.25, 0.3) is 11.8 Å². The van der Waals surface area contributed by atoms with E-state index in [-0.39, 0.29) is 29.5 Å². The number of hydrogen-bond acceptors (Lipinski definition) is 4. The predicted octanol–water partition coefficient (Wildman–Crippen LogP) is 6.07. The molecule has 0 spiro atoms. The number of aromatic amines is 1. The van der Waals surface area contributed by atoms with E-state index in [9.17, 15) is 35.9 Å². The summed E-state index contributed by atoms with van der Waals surface area (Å²) in [5.41, 5.74) is 3.53. The number of para-hydroxylation sites is 1. The van der Waals surface area contributed by atoms with Crippen molar-refractivity contribution in [2.75, 3.05) is 13.1 Å². The van der Waals surface area contributed by atoms with Gasteiger partial charge in [0.05, 0.1) is 19.2 Å². The van der Waals surface area contributed by atoms with Crippen molar-refractivity contribution < 1.29 is 40.8 Å². The molecule has 3 aromatic carbocycles. The topological polar surface area (TPSA) is 77.7 Å². The summed E-state index contributed by atoms with van der Waals surface area (Å²) in [6.07, 6.45) is -9.43. The molecule has 0 saturated carbocycles. The molecule has 2 heterocycles. The van der Waals surface area contributed by atoms with Gasteiger partial charge >= 0.3 is 12.4 Å². The maximum Gasteiger partial charge on any atom is 0.406 e. The maximum atomic E-state index is 15.0. The first kappa shape index (κ1) is 33.8. The van der Waals surface area contributed by atoms with Crippen molar-refractivity contribution in [1.82, 2.24) is 20.3 Å². The Labute approximate surface area is 260 Å². The second-order valence-corrected chi connectivity index (χ2v) is 10.5. The molecule has 1 aliphatic heterocycles. The van der Waals surface area contributed by atoms with E-state index >= 15 is 0 Å². The number of rotatable bonds is 8. The van der Waals surface area contributed by atoms with Crippen LogP contribution in [0.4, 0.5) is 26.3 Å². The van der Waals surface area contributed by atoms with Gasteiger partial charge in [0.2, 0.25) is 0 Å². The van der Waals surface area contributed by atoms with Gasteiger partial charge in [0.1, 0.15) is 12.1 Å². The second kappa shape index (κ2) is 13.9. The van der Waals surface area contributed by atoms with Crippen LogP contribution in [0.5, 0.6) is 0 Å². The molecule has 45 heavy (non-hydrogen) atoms. The SMILES string of the molecule is Cl.O=C(CN1C(C(F)(F)F)CN(C(=O)c2ccccc2)[C@H](Cc2c[nH]c3ccccc23)C1C(F)(F)F)NOCc1ccccc1. The van der Waals surface area contributed by atoms with E-state index in [0.717, 1.165) is 0 Å². The molecule has 0 aliphatic carbocycles. The lowest BCUT2D eigenvalue weighted by molar-refractivity contribution is -0.260. The van der Waals surface area contributed by atoms with Gasteiger partial charge in [-0.15, -0.1) is 12.4 Å². The number of hydrogen-bond donors (Lipinski definition) is 2. The summed E-state index contributed by atoms with van der Waals surface area (Å²) in [5.74, 6) is -2.17. The normalized spacial score (nSPS) is 19.2. The fourth-order valence-corrected chi connectivity index (χ4v) is 5.62. The van der Waals surface area contributed by atoms with Crippen LogP contribution in [0.3, 0.4) is 0 Å². The van der Waals surface area contributed by atoms with Crippen LogP contribution in [-0.4, -0.2) is 70.2 Å². The van der Waals surface area contributed by atoms with Gasteiger partial charge in [-0.05, 0) is 35.7 Å². The lowest BCUT2D eigenvalue weighted by Crippen LogP contribution is -2.73. The molecule has 2 unspecified atom stereocenters. The zero-order chi connectivity index (χ0) is 31.5. The zero-order valence-corrected chi connectivity index (χ0v) is 24.3. The standard InChI is InChI=1S/C31H28F6N4O3.ClH/c32-30(33,34)26-17-40(29(43)21-11-5-2-6-12-21)25(15-22-16-38-24-14-8-7-13-23(22)24)28(31(35,36)37)41(26)18-27(42)39-44-19-20-9-3-1-4-10-20;/h1-14,16,25-26,28,38H,15,17-19H2,(H,39,42);1H/t25-,26?,28?;/m1./s1. The van der Waals surface area contributed by atoms with Crippen LogP contribution >= 0.6 is 12.4 Å². The summed E-state index contributed by atoms with van der Waals surface area (Å²) in [7, 11) is 0. The molecule has 1 fully saturated rings. The fraction of sp³-hybridized carbons (Fsp3) is 0.290. The molecular weight excluding hydrogens is 626 g/mol. The summed E-state index contributed by atoms with van der Waals surface area (Å²) in [4.78, 5) is 35.2. The lowest BCUT2D eigenvalue weighted by Gasteiger charge is -2.52. The number of nitrogens with one attached hydrogen (secondary N) is 2. The van der Waals surface area contributed by atoms with Crippen molar-refractivity contribution in [3.8, 4) is 0 Å². The third-order valence-electron chi connectivity index (χ3n) is 7.58. The number of alkyl halides is 6. The lowest BCUT2D eigenvalue weighted by atomic mass is 9.90. The van der Waals surface area contributed by atoms with Crippen LogP contribution in [0.15, 0.2) is 91.1 Å². The monoisotopic (exact) mass is 654 g/mol. The predicted molar refractivity (Wildman–Crippen MR) is 156 cm³/mol. The van der Waals surface area contributed by atoms with Crippen LogP contribution in [0.1, 0.15) is 21.5 Å². The first-order valence-electron chi connectivity index (χ1n) is 13.7. The van der Waals surface area contributed by atoms with Crippen LogP contribution in [0.25, 0.3) is 10.9 Å². The minimum absolute atomic E-state index is 0. The van der Waals surface area contributed by atoms with E-state index in [4.69, 9.17) is 4.84 Å². The summed E-state index contributed by atoms with van der Waals surface area (Å²) >= 11 is 0. The third kappa shape index (κ3) is 7.78. The van der Waals surface area contributed by atoms with Crippen LogP contribution in [0.2, 0.25) is 0 Å². The van der Waals surface area contributed by atoms with E-state index in [0.29, 0.717) is 26.9 Å². The van der Waals surface area contributed by atoms with Crippen LogP contribution < -0.4 is 5.48 Å². The Kier molecular flexibility index (Phi) is 10.5. The molecule has 2 N–H and O–H groups in total. The average Bonchev–Trinajstić information content (AvgIpc) is 3.39. The number of halogens is 7. The summed E-state index contributed by atoms with van der Waals surface area (Å²) in [5, 5.41) is 0.567. The van der Waals surface area contributed by atoms with Crippen LogP contribution in [0, 0.1) is 0 Å². The number of benzene rings is 3. The van der Waals surface area contributed by atoms with Crippen molar-refractivity contribution in [3.05, 3.63) is 108 Å². The molecule has 2 amide bonds. The van der Waals surface area contributed by atoms with Gasteiger partial charge in [0, 0.05) is 29.2 Å². The van der Waals surface area contributed by atoms with Crippen molar-refractivity contribution in [3.63, 3.8) is 0 Å². The molecule has 1 aromatic heterocycles. The van der Waals surface area contributed by atoms with E-state index < -0.39 is 61.8 Å². The number of H-pyrrole nitrogens is 1. The zero-order valence-electron chi connectivity index (χ0n) is 23.5. The van der Waals surface area contributed by atoms with Crippen molar-refractivity contribution >= 4 is 35.1 Å². The smallest absolute Gasteiger partial charge is 0.361 e. The molecule has 0 bridgehead atoms. The highest BCUT2D eigenvalue weighted by atomic mass is 35.5. The minimum atomic E-state index is -5.26. The number of piperazine rings is 1. The van der Waals surface area contributed by atoms with E-state index in [2.05, 4.69) is 4.98 Å². The molecule has 1 aliphatic rings. The van der Waals surface area contributed by atoms with Gasteiger partial charge in [-0.2, -0.15) is 26.3 Å². The second-order valence-electron chi connectivity index (χ2n) is 10.5. The number of amides is 2. The van der Waals surface area contributed by atoms with Gasteiger partial charge in [0.15, 0.2) is 0 Å². The molecule has 1 saturated heterocycles. The Balaban J connectivity index is 0.00000461. The number of carbonyl (C=O) groups excluding carboxylic acids is 2. The minimum Gasteiger partial charge on any atom is -0.361 e. The average molecular weight is 655 g/mol. The van der Waals surface area contributed by atoms with Crippen molar-refractivity contribution in [2.24, 2.45) is 0 Å². The van der Waals surface area contributed by atoms with Gasteiger partial charge in [-0.3, -0.25) is 19.3 Å². The Hall–Kier alpha value is -4.07. The third-order valence-corrected chi connectivity index (χ3v) is 7.58. The summed E-state index contributed by atoms with van der Waals surface area (Å²) in [6, 6.07) is 15.0. The fourth-order valence-electron chi connectivity index (χ4n) is 5.62. The molecule has 4 aromatic rings. The number of nitrogens with zero attached hydrogens (tertiary/aromatic N) is 2. The molecule has 14 heteroatoms. The van der Waals surface area contributed by atoms with Crippen molar-refractivity contribution in [2.45, 2.75) is 43.5 Å². The highest BCUT2D eigenvalue weighted by Crippen LogP contribution is 2.41. The largest absolute Gasteiger partial charge is 0.406 e. The number of fused-ring (bicyclic) bond motifs is 1. The quantitative estimate of drug-likeness (QED) is 0.179. The molecule has 5 rings (SSSR count). The number of carbonyl (C=O) groups is 2. The van der Waals surface area contributed by atoms with E-state index in [1.54, 1.807) is 60.7 Å². The van der Waals surface area contributed by atoms with Gasteiger partial charge in [-0.25, -0.2) is 5.48 Å². The molecule has 7 nitrogen and oxygen atoms in total.